The van der Waals surface area contributed by atoms with Crippen molar-refractivity contribution in [1.29, 1.82) is 0 Å². The van der Waals surface area contributed by atoms with Crippen LogP contribution in [0.4, 0.5) is 0 Å². The van der Waals surface area contributed by atoms with E-state index in [1.54, 1.807) is 4.90 Å². The van der Waals surface area contributed by atoms with Gasteiger partial charge in [-0.15, -0.1) is 0 Å². The third-order valence-corrected chi connectivity index (χ3v) is 4.55. The molecule has 1 aromatic carbocycles. The molecule has 2 unspecified atom stereocenters. The number of hydrogen-bond acceptors (Lipinski definition) is 3. The Labute approximate surface area is 124 Å². The Morgan fingerprint density at radius 2 is 2.00 bits per heavy atom. The SMILES string of the molecule is CN1CCC(C(=O)N2Cc3ccccc3C(C(=O)O)C2)C1. The Hall–Kier alpha value is -1.88. The minimum Gasteiger partial charge on any atom is -0.481 e. The average Bonchev–Trinajstić information content (AvgIpc) is 2.91. The molecule has 5 nitrogen and oxygen atoms in total. The molecule has 1 N–H and O–H groups in total. The van der Waals surface area contributed by atoms with Crippen molar-refractivity contribution in [3.8, 4) is 0 Å². The molecule has 1 amide bonds. The maximum absolute atomic E-state index is 12.6. The molecule has 0 saturated carbocycles. The van der Waals surface area contributed by atoms with E-state index in [9.17, 15) is 14.7 Å². The molecule has 5 heteroatoms. The highest BCUT2D eigenvalue weighted by Crippen LogP contribution is 2.30. The van der Waals surface area contributed by atoms with Crippen LogP contribution < -0.4 is 0 Å². The number of amides is 1. The van der Waals surface area contributed by atoms with Crippen LogP contribution in [0, 0.1) is 5.92 Å². The second kappa shape index (κ2) is 5.48. The van der Waals surface area contributed by atoms with Crippen molar-refractivity contribution in [1.82, 2.24) is 9.80 Å². The standard InChI is InChI=1S/C16H20N2O3/c1-17-7-6-12(8-17)15(19)18-9-11-4-2-3-5-13(11)14(10-18)16(20)21/h2-5,12,14H,6-10H2,1H3,(H,20,21). The van der Waals surface area contributed by atoms with E-state index in [2.05, 4.69) is 4.90 Å². The van der Waals surface area contributed by atoms with Crippen LogP contribution in [0.1, 0.15) is 23.5 Å². The van der Waals surface area contributed by atoms with Gasteiger partial charge in [0.1, 0.15) is 0 Å². The first-order valence-electron chi connectivity index (χ1n) is 7.34. The van der Waals surface area contributed by atoms with Crippen molar-refractivity contribution >= 4 is 11.9 Å². The summed E-state index contributed by atoms with van der Waals surface area (Å²) in [5.74, 6) is -1.36. The molecule has 0 aromatic heterocycles. The molecule has 1 aromatic rings. The van der Waals surface area contributed by atoms with Gasteiger partial charge in [0.15, 0.2) is 0 Å². The topological polar surface area (TPSA) is 60.9 Å². The number of benzene rings is 1. The number of carbonyl (C=O) groups is 2. The lowest BCUT2D eigenvalue weighted by Crippen LogP contribution is -2.43. The third kappa shape index (κ3) is 2.65. The summed E-state index contributed by atoms with van der Waals surface area (Å²) in [7, 11) is 2.01. The summed E-state index contributed by atoms with van der Waals surface area (Å²) in [6, 6.07) is 7.54. The molecule has 112 valence electrons. The van der Waals surface area contributed by atoms with Crippen molar-refractivity contribution in [3.63, 3.8) is 0 Å². The molecular formula is C16H20N2O3. The Balaban J connectivity index is 1.83. The molecule has 2 aliphatic rings. The van der Waals surface area contributed by atoms with Gasteiger partial charge in [0, 0.05) is 19.6 Å². The lowest BCUT2D eigenvalue weighted by atomic mass is 9.89. The molecule has 21 heavy (non-hydrogen) atoms. The van der Waals surface area contributed by atoms with Crippen molar-refractivity contribution in [2.24, 2.45) is 5.92 Å². The van der Waals surface area contributed by atoms with Gasteiger partial charge >= 0.3 is 5.97 Å². The fourth-order valence-electron chi connectivity index (χ4n) is 3.38. The van der Waals surface area contributed by atoms with E-state index in [1.807, 2.05) is 31.3 Å². The molecular weight excluding hydrogens is 268 g/mol. The van der Waals surface area contributed by atoms with Crippen LogP contribution in [0.15, 0.2) is 24.3 Å². The van der Waals surface area contributed by atoms with Gasteiger partial charge < -0.3 is 14.9 Å². The van der Waals surface area contributed by atoms with Crippen LogP contribution in [0.3, 0.4) is 0 Å². The first kappa shape index (κ1) is 14.1. The Kier molecular flexibility index (Phi) is 3.68. The summed E-state index contributed by atoms with van der Waals surface area (Å²) in [5.41, 5.74) is 1.80. The second-order valence-corrected chi connectivity index (χ2v) is 6.06. The van der Waals surface area contributed by atoms with E-state index in [-0.39, 0.29) is 18.4 Å². The molecule has 2 atom stereocenters. The van der Waals surface area contributed by atoms with Gasteiger partial charge in [-0.1, -0.05) is 24.3 Å². The predicted molar refractivity (Wildman–Crippen MR) is 77.8 cm³/mol. The smallest absolute Gasteiger partial charge is 0.312 e. The number of carboxylic acids is 1. The maximum atomic E-state index is 12.6. The minimum atomic E-state index is -0.858. The van der Waals surface area contributed by atoms with Crippen LogP contribution in [0.25, 0.3) is 0 Å². The van der Waals surface area contributed by atoms with Gasteiger partial charge in [-0.05, 0) is 31.1 Å². The zero-order chi connectivity index (χ0) is 15.0. The molecule has 0 bridgehead atoms. The molecule has 2 heterocycles. The summed E-state index contributed by atoms with van der Waals surface area (Å²) in [6.07, 6.45) is 0.866. The fourth-order valence-corrected chi connectivity index (χ4v) is 3.38. The van der Waals surface area contributed by atoms with Crippen molar-refractivity contribution < 1.29 is 14.7 Å². The molecule has 3 rings (SSSR count). The lowest BCUT2D eigenvalue weighted by Gasteiger charge is -2.34. The highest BCUT2D eigenvalue weighted by molar-refractivity contribution is 5.83. The van der Waals surface area contributed by atoms with Gasteiger partial charge in [0.25, 0.3) is 0 Å². The highest BCUT2D eigenvalue weighted by atomic mass is 16.4. The van der Waals surface area contributed by atoms with Crippen molar-refractivity contribution in [2.45, 2.75) is 18.9 Å². The van der Waals surface area contributed by atoms with E-state index >= 15 is 0 Å². The zero-order valence-electron chi connectivity index (χ0n) is 12.2. The van der Waals surface area contributed by atoms with E-state index in [1.165, 1.54) is 0 Å². The number of likely N-dealkylation sites (tertiary alicyclic amines) is 1. The first-order chi connectivity index (χ1) is 10.1. The van der Waals surface area contributed by atoms with Crippen LogP contribution in [0.2, 0.25) is 0 Å². The highest BCUT2D eigenvalue weighted by Gasteiger charge is 2.36. The van der Waals surface area contributed by atoms with Crippen LogP contribution in [0.5, 0.6) is 0 Å². The summed E-state index contributed by atoms with van der Waals surface area (Å²) in [6.45, 7) is 2.52. The average molecular weight is 288 g/mol. The summed E-state index contributed by atoms with van der Waals surface area (Å²) in [5, 5.41) is 9.45. The lowest BCUT2D eigenvalue weighted by molar-refractivity contribution is -0.142. The Morgan fingerprint density at radius 1 is 1.24 bits per heavy atom. The number of nitrogens with zero attached hydrogens (tertiary/aromatic N) is 2. The van der Waals surface area contributed by atoms with E-state index in [0.717, 1.165) is 30.6 Å². The zero-order valence-corrected chi connectivity index (χ0v) is 12.2. The number of fused-ring (bicyclic) bond motifs is 1. The Morgan fingerprint density at radius 3 is 2.67 bits per heavy atom. The summed E-state index contributed by atoms with van der Waals surface area (Å²) in [4.78, 5) is 28.0. The molecule has 0 aliphatic carbocycles. The van der Waals surface area contributed by atoms with E-state index < -0.39 is 11.9 Å². The number of carbonyl (C=O) groups excluding carboxylic acids is 1. The molecule has 0 spiro atoms. The maximum Gasteiger partial charge on any atom is 0.312 e. The van der Waals surface area contributed by atoms with Gasteiger partial charge in [0.2, 0.25) is 5.91 Å². The second-order valence-electron chi connectivity index (χ2n) is 6.06. The summed E-state index contributed by atoms with van der Waals surface area (Å²) >= 11 is 0. The Bertz CT molecular complexity index is 572. The normalized spacial score (nSPS) is 25.7. The van der Waals surface area contributed by atoms with E-state index in [4.69, 9.17) is 0 Å². The number of carboxylic acid groups (broad SMARTS) is 1. The quantitative estimate of drug-likeness (QED) is 0.887. The van der Waals surface area contributed by atoms with Crippen molar-refractivity contribution in [2.75, 3.05) is 26.7 Å². The number of aliphatic carboxylic acids is 1. The van der Waals surface area contributed by atoms with Gasteiger partial charge in [-0.2, -0.15) is 0 Å². The van der Waals surface area contributed by atoms with Gasteiger partial charge in [-0.3, -0.25) is 9.59 Å². The molecule has 0 radical (unpaired) electrons. The van der Waals surface area contributed by atoms with Gasteiger partial charge in [-0.25, -0.2) is 0 Å². The number of hydrogen-bond donors (Lipinski definition) is 1. The van der Waals surface area contributed by atoms with Crippen molar-refractivity contribution in [3.05, 3.63) is 35.4 Å². The minimum absolute atomic E-state index is 0.00899. The first-order valence-corrected chi connectivity index (χ1v) is 7.34. The summed E-state index contributed by atoms with van der Waals surface area (Å²) < 4.78 is 0. The van der Waals surface area contributed by atoms with Crippen LogP contribution in [-0.2, 0) is 16.1 Å². The molecule has 2 aliphatic heterocycles. The monoisotopic (exact) mass is 288 g/mol. The number of rotatable bonds is 2. The van der Waals surface area contributed by atoms with Crippen LogP contribution >= 0.6 is 0 Å². The largest absolute Gasteiger partial charge is 0.481 e. The van der Waals surface area contributed by atoms with Crippen LogP contribution in [-0.4, -0.2) is 53.5 Å². The predicted octanol–water partition coefficient (Wildman–Crippen LogP) is 1.15. The molecule has 1 saturated heterocycles. The third-order valence-electron chi connectivity index (χ3n) is 4.55. The molecule has 1 fully saturated rings. The fraction of sp³-hybridized carbons (Fsp3) is 0.500. The van der Waals surface area contributed by atoms with Gasteiger partial charge in [0.05, 0.1) is 11.8 Å². The van der Waals surface area contributed by atoms with E-state index in [0.29, 0.717) is 6.54 Å².